The maximum Gasteiger partial charge on any atom is 0.213 e. The van der Waals surface area contributed by atoms with Gasteiger partial charge in [0.2, 0.25) is 6.28 Å². The second kappa shape index (κ2) is 3.74. The average Bonchev–Trinajstić information content (AvgIpc) is 2.42. The molecule has 8 bridgehead atoms. The fourth-order valence-corrected chi connectivity index (χ4v) is 10.1. The van der Waals surface area contributed by atoms with E-state index in [-0.39, 0.29) is 6.28 Å². The van der Waals surface area contributed by atoms with Gasteiger partial charge in [0.1, 0.15) is 0 Å². The van der Waals surface area contributed by atoms with Crippen LogP contribution in [0.1, 0.15) is 45.4 Å². The SMILES string of the molecule is C[C@H]1C2C[C@@H]3C[C@H](C2)C[B-]1([N+]12CC4CC(CC(C4)C1)C2)C3. The van der Waals surface area contributed by atoms with Crippen LogP contribution < -0.4 is 0 Å². The van der Waals surface area contributed by atoms with Gasteiger partial charge in [-0.05, 0) is 19.3 Å². The summed E-state index contributed by atoms with van der Waals surface area (Å²) in [7, 11) is 0. The Bertz CT molecular complexity index is 437. The number of hydrogen-bond donors (Lipinski definition) is 0. The van der Waals surface area contributed by atoms with Gasteiger partial charge < -0.3 is 4.39 Å². The molecule has 0 aromatic carbocycles. The summed E-state index contributed by atoms with van der Waals surface area (Å²) in [6.07, 6.45) is 13.1. The Kier molecular flexibility index (Phi) is 2.22. The lowest BCUT2D eigenvalue weighted by atomic mass is 9.11. The van der Waals surface area contributed by atoms with Gasteiger partial charge in [0.15, 0.2) is 0 Å². The molecule has 8 rings (SSSR count). The predicted molar refractivity (Wildman–Crippen MR) is 88.3 cm³/mol. The summed E-state index contributed by atoms with van der Waals surface area (Å²) < 4.78 is 1.70. The lowest BCUT2D eigenvalue weighted by Crippen LogP contribution is -2.81. The zero-order valence-electron chi connectivity index (χ0n) is 13.8. The van der Waals surface area contributed by atoms with Crippen LogP contribution in [-0.4, -0.2) is 30.3 Å². The minimum absolute atomic E-state index is 0.0635. The molecule has 6 heterocycles. The van der Waals surface area contributed by atoms with Gasteiger partial charge in [0.05, 0.1) is 0 Å². The van der Waals surface area contributed by atoms with E-state index in [2.05, 4.69) is 6.92 Å². The molecule has 0 spiro atoms. The molecule has 2 heteroatoms. The Morgan fingerprint density at radius 3 is 1.67 bits per heavy atom. The Hall–Kier alpha value is 0.0249. The molecule has 2 unspecified atom stereocenters. The van der Waals surface area contributed by atoms with Crippen LogP contribution in [0.3, 0.4) is 0 Å². The van der Waals surface area contributed by atoms with Crippen LogP contribution in [0.15, 0.2) is 0 Å². The van der Waals surface area contributed by atoms with Gasteiger partial charge in [-0.15, -0.1) is 18.5 Å². The first-order chi connectivity index (χ1) is 10.2. The number of rotatable bonds is 1. The molecule has 8 fully saturated rings. The summed E-state index contributed by atoms with van der Waals surface area (Å²) in [5.74, 6) is 7.97. The summed E-state index contributed by atoms with van der Waals surface area (Å²) in [6, 6.07) is 0. The van der Waals surface area contributed by atoms with E-state index >= 15 is 0 Å². The van der Waals surface area contributed by atoms with Crippen molar-refractivity contribution in [3.8, 4) is 0 Å². The molecular formula is C19H32BN. The molecule has 1 nitrogen and oxygen atoms in total. The van der Waals surface area contributed by atoms with Gasteiger partial charge >= 0.3 is 0 Å². The maximum absolute atomic E-state index is 2.72. The summed E-state index contributed by atoms with van der Waals surface area (Å²) in [4.78, 5) is 0. The molecule has 0 aromatic heterocycles. The van der Waals surface area contributed by atoms with Crippen LogP contribution in [0, 0.1) is 35.5 Å². The third kappa shape index (κ3) is 1.41. The zero-order valence-corrected chi connectivity index (χ0v) is 13.8. The predicted octanol–water partition coefficient (Wildman–Crippen LogP) is 4.26. The third-order valence-corrected chi connectivity index (χ3v) is 10.1. The average molecular weight is 285 g/mol. The lowest BCUT2D eigenvalue weighted by molar-refractivity contribution is -0.869. The van der Waals surface area contributed by atoms with Crippen molar-refractivity contribution >= 4 is 6.28 Å². The maximum atomic E-state index is 2.72. The van der Waals surface area contributed by atoms with E-state index in [1.54, 1.807) is 75.2 Å². The fraction of sp³-hybridized carbons (Fsp3) is 1.00. The van der Waals surface area contributed by atoms with Crippen LogP contribution in [0.25, 0.3) is 0 Å². The molecular weight excluding hydrogens is 253 g/mol. The minimum Gasteiger partial charge on any atom is -0.514 e. The summed E-state index contributed by atoms with van der Waals surface area (Å²) >= 11 is 0. The van der Waals surface area contributed by atoms with Gasteiger partial charge in [-0.1, -0.05) is 43.9 Å². The molecule has 6 aliphatic heterocycles. The molecule has 5 atom stereocenters. The standard InChI is InChI=1S/C19H32BN/c1-13-19-6-14-2-15(7-19)9-20(13,8-14)21-10-16-3-17(11-21)5-18(4-16)12-21/h13-19H,2-12H2,1H3/t13-,14-,15+,16?,17?,18?,19?,20?,21?/m0/s1. The van der Waals surface area contributed by atoms with Crippen molar-refractivity contribution in [2.45, 2.75) is 63.9 Å². The minimum atomic E-state index is -0.0635. The highest BCUT2D eigenvalue weighted by Gasteiger charge is 2.64. The van der Waals surface area contributed by atoms with Crippen molar-refractivity contribution in [1.82, 2.24) is 0 Å². The normalized spacial score (nSPS) is 67.0. The van der Waals surface area contributed by atoms with Gasteiger partial charge in [0, 0.05) is 37.4 Å². The second-order valence-corrected chi connectivity index (χ2v) is 10.9. The third-order valence-electron chi connectivity index (χ3n) is 10.1. The molecule has 2 saturated carbocycles. The van der Waals surface area contributed by atoms with Gasteiger partial charge in [-0.25, -0.2) is 0 Å². The highest BCUT2D eigenvalue weighted by atomic mass is 15.4. The Labute approximate surface area is 130 Å². The molecule has 0 radical (unpaired) electrons. The Balaban J connectivity index is 1.47. The van der Waals surface area contributed by atoms with Crippen molar-refractivity contribution in [2.75, 3.05) is 19.6 Å². The molecule has 2 aliphatic carbocycles. The quantitative estimate of drug-likeness (QED) is 0.632. The van der Waals surface area contributed by atoms with E-state index in [9.17, 15) is 0 Å². The van der Waals surface area contributed by atoms with Crippen molar-refractivity contribution in [2.24, 2.45) is 35.5 Å². The summed E-state index contributed by atoms with van der Waals surface area (Å²) in [5, 5.41) is 0. The van der Waals surface area contributed by atoms with Gasteiger partial charge in [-0.3, -0.25) is 0 Å². The van der Waals surface area contributed by atoms with E-state index in [0.717, 1.165) is 41.3 Å². The fourth-order valence-electron chi connectivity index (χ4n) is 10.1. The molecule has 21 heavy (non-hydrogen) atoms. The molecule has 0 amide bonds. The van der Waals surface area contributed by atoms with E-state index < -0.39 is 0 Å². The number of nitrogens with zero attached hydrogens (tertiary/aromatic N) is 1. The van der Waals surface area contributed by atoms with Crippen LogP contribution in [0.2, 0.25) is 18.5 Å². The Morgan fingerprint density at radius 1 is 0.667 bits per heavy atom. The molecule has 0 N–H and O–H groups in total. The van der Waals surface area contributed by atoms with Crippen molar-refractivity contribution in [1.29, 1.82) is 0 Å². The van der Waals surface area contributed by atoms with Crippen molar-refractivity contribution < 1.29 is 4.39 Å². The van der Waals surface area contributed by atoms with E-state index in [4.69, 9.17) is 0 Å². The highest BCUT2D eigenvalue weighted by molar-refractivity contribution is 6.75. The zero-order chi connectivity index (χ0) is 13.8. The first-order valence-corrected chi connectivity index (χ1v) is 10.2. The topological polar surface area (TPSA) is 0 Å². The van der Waals surface area contributed by atoms with Crippen LogP contribution in [-0.2, 0) is 0 Å². The van der Waals surface area contributed by atoms with Gasteiger partial charge in [0.25, 0.3) is 0 Å². The monoisotopic (exact) mass is 285 g/mol. The number of quaternary nitrogens is 1. The molecule has 8 aliphatic rings. The Morgan fingerprint density at radius 2 is 1.14 bits per heavy atom. The van der Waals surface area contributed by atoms with Crippen LogP contribution in [0.5, 0.6) is 0 Å². The van der Waals surface area contributed by atoms with E-state index in [0.29, 0.717) is 0 Å². The van der Waals surface area contributed by atoms with E-state index in [1.165, 1.54) is 0 Å². The van der Waals surface area contributed by atoms with Crippen LogP contribution >= 0.6 is 0 Å². The van der Waals surface area contributed by atoms with E-state index in [1.807, 2.05) is 0 Å². The van der Waals surface area contributed by atoms with Crippen LogP contribution in [0.4, 0.5) is 0 Å². The van der Waals surface area contributed by atoms with Crippen molar-refractivity contribution in [3.05, 3.63) is 0 Å². The number of piperidine rings is 3. The summed E-state index contributed by atoms with van der Waals surface area (Å²) in [6.45, 7) is 7.61. The highest BCUT2D eigenvalue weighted by Crippen LogP contribution is 2.65. The molecule has 6 saturated heterocycles. The largest absolute Gasteiger partial charge is 0.514 e. The molecule has 116 valence electrons. The lowest BCUT2D eigenvalue weighted by Gasteiger charge is -2.77. The smallest absolute Gasteiger partial charge is 0.213 e. The first kappa shape index (κ1) is 12.4. The second-order valence-electron chi connectivity index (χ2n) is 10.9. The summed E-state index contributed by atoms with van der Waals surface area (Å²) in [5.41, 5.74) is 0. The molecule has 0 aromatic rings. The van der Waals surface area contributed by atoms with Gasteiger partial charge in [-0.2, -0.15) is 0 Å². The first-order valence-electron chi connectivity index (χ1n) is 10.2. The van der Waals surface area contributed by atoms with Crippen molar-refractivity contribution in [3.63, 3.8) is 0 Å². The number of hydrogen-bond acceptors (Lipinski definition) is 0.